The summed E-state index contributed by atoms with van der Waals surface area (Å²) in [6.07, 6.45) is 8.22. The number of benzene rings is 1. The Hall–Kier alpha value is -7.97. The minimum Gasteiger partial charge on any atom is -0.445 e. The number of nitrogens with zero attached hydrogens (tertiary/aromatic N) is 7. The Balaban J connectivity index is 0.906. The summed E-state index contributed by atoms with van der Waals surface area (Å²) in [5.41, 5.74) is 11.0. The molecule has 7 rings (SSSR count). The van der Waals surface area contributed by atoms with Gasteiger partial charge in [-0.2, -0.15) is 5.10 Å². The van der Waals surface area contributed by atoms with Gasteiger partial charge >= 0.3 is 12.1 Å². The highest BCUT2D eigenvalue weighted by Gasteiger charge is 2.32. The van der Waals surface area contributed by atoms with E-state index in [4.69, 9.17) is 20.4 Å². The number of pyridine rings is 2. The first-order valence-electron chi connectivity index (χ1n) is 23.0. The van der Waals surface area contributed by atoms with Crippen LogP contribution in [-0.4, -0.2) is 119 Å². The summed E-state index contributed by atoms with van der Waals surface area (Å²) in [5.74, 6) is -1.80. The van der Waals surface area contributed by atoms with Crippen molar-refractivity contribution in [2.45, 2.75) is 90.3 Å². The highest BCUT2D eigenvalue weighted by atomic mass is 16.6. The molecule has 8 amide bonds. The Bertz CT molecular complexity index is 2700. The molecule has 21 nitrogen and oxygen atoms in total. The van der Waals surface area contributed by atoms with Crippen LogP contribution in [0.1, 0.15) is 81.8 Å². The Morgan fingerprint density at radius 1 is 0.913 bits per heavy atom. The number of anilines is 1. The van der Waals surface area contributed by atoms with Crippen LogP contribution in [0.25, 0.3) is 28.3 Å². The SMILES string of the molecule is Cc1cccc(-c2nc(C3CCN(C(=O)OCc4ccc(NC(=O)C(CCCNC(N)=O)NC(=O)C(NC(=O)CCCCCN5C(=O)C=CC5=O)C(C)C)cc4)C3)[nH]c2-c2ccc3ncnn3c2)n1. The van der Waals surface area contributed by atoms with Crippen LogP contribution in [0.4, 0.5) is 15.3 Å². The van der Waals surface area contributed by atoms with Crippen LogP contribution in [0.5, 0.6) is 0 Å². The Labute approximate surface area is 398 Å². The van der Waals surface area contributed by atoms with Crippen molar-refractivity contribution >= 4 is 53.0 Å². The zero-order valence-corrected chi connectivity index (χ0v) is 38.8. The smallest absolute Gasteiger partial charge is 0.410 e. The molecule has 3 atom stereocenters. The fourth-order valence-corrected chi connectivity index (χ4v) is 8.13. The van der Waals surface area contributed by atoms with Crippen molar-refractivity contribution in [1.29, 1.82) is 0 Å². The number of aromatic nitrogens is 6. The summed E-state index contributed by atoms with van der Waals surface area (Å²) in [6, 6.07) is 13.7. The predicted octanol–water partition coefficient (Wildman–Crippen LogP) is 4.11. The maximum absolute atomic E-state index is 13.7. The number of hydrogen-bond acceptors (Lipinski definition) is 12. The number of rotatable bonds is 21. The van der Waals surface area contributed by atoms with Gasteiger partial charge in [-0.15, -0.1) is 0 Å². The molecular weight excluding hydrogens is 887 g/mol. The van der Waals surface area contributed by atoms with Crippen LogP contribution >= 0.6 is 0 Å². The lowest BCUT2D eigenvalue weighted by atomic mass is 10.0. The molecule has 2 aliphatic rings. The number of hydrogen-bond donors (Lipinski definition) is 6. The molecule has 0 bridgehead atoms. The molecule has 1 saturated heterocycles. The van der Waals surface area contributed by atoms with E-state index in [1.807, 2.05) is 43.5 Å². The number of nitrogens with two attached hydrogens (primary N) is 1. The van der Waals surface area contributed by atoms with Gasteiger partial charge in [0, 0.05) is 73.8 Å². The van der Waals surface area contributed by atoms with Crippen LogP contribution in [0.2, 0.25) is 0 Å². The van der Waals surface area contributed by atoms with Crippen molar-refractivity contribution in [3.05, 3.63) is 96.4 Å². The summed E-state index contributed by atoms with van der Waals surface area (Å²) < 4.78 is 7.41. The second kappa shape index (κ2) is 22.7. The molecule has 0 aliphatic carbocycles. The van der Waals surface area contributed by atoms with Crippen molar-refractivity contribution in [2.24, 2.45) is 11.7 Å². The molecule has 0 spiro atoms. The highest BCUT2D eigenvalue weighted by molar-refractivity contribution is 6.12. The van der Waals surface area contributed by atoms with E-state index in [1.165, 1.54) is 18.5 Å². The number of carbonyl (C=O) groups excluding carboxylic acids is 7. The molecule has 362 valence electrons. The fourth-order valence-electron chi connectivity index (χ4n) is 8.13. The Morgan fingerprint density at radius 2 is 1.70 bits per heavy atom. The van der Waals surface area contributed by atoms with E-state index >= 15 is 0 Å². The third-order valence-electron chi connectivity index (χ3n) is 11.9. The molecule has 3 unspecified atom stereocenters. The van der Waals surface area contributed by atoms with Crippen LogP contribution in [-0.2, 0) is 35.3 Å². The van der Waals surface area contributed by atoms with Gasteiger partial charge < -0.3 is 41.6 Å². The van der Waals surface area contributed by atoms with Crippen molar-refractivity contribution in [1.82, 2.24) is 55.3 Å². The number of urea groups is 1. The lowest BCUT2D eigenvalue weighted by molar-refractivity contribution is -0.137. The largest absolute Gasteiger partial charge is 0.445 e. The molecule has 0 radical (unpaired) electrons. The number of aryl methyl sites for hydroxylation is 1. The molecule has 4 aromatic heterocycles. The number of unbranched alkanes of at least 4 members (excludes halogenated alkanes) is 2. The number of fused-ring (bicyclic) bond motifs is 1. The number of primary amides is 1. The number of aromatic amines is 1. The van der Waals surface area contributed by atoms with E-state index in [0.717, 1.165) is 33.4 Å². The third-order valence-corrected chi connectivity index (χ3v) is 11.9. The first-order chi connectivity index (χ1) is 33.2. The lowest BCUT2D eigenvalue weighted by Gasteiger charge is -2.25. The number of likely N-dealkylation sites (tertiary alicyclic amines) is 1. The van der Waals surface area contributed by atoms with Crippen LogP contribution in [0.3, 0.4) is 0 Å². The van der Waals surface area contributed by atoms with Gasteiger partial charge in [-0.25, -0.2) is 24.1 Å². The number of H-pyrrole nitrogens is 1. The summed E-state index contributed by atoms with van der Waals surface area (Å²) in [4.78, 5) is 109. The topological polar surface area (TPSA) is 281 Å². The standard InChI is InChI=1S/C48H57N13O8/c1-29(2)41(56-38(62)12-5-4-6-23-60-39(63)19-20-40(60)64)46(66)55-36(11-8-22-50-47(49)67)45(65)54-34-16-13-31(14-17-34)27-69-48(68)59-24-21-33(25-59)44-57-42(32-15-18-37-51-28-52-61(37)26-32)43(58-44)35-10-7-9-30(3)53-35/h7,9-10,13-20,26,28-29,33,36,41H,4-6,8,11-12,21-25,27H2,1-3H3,(H,54,65)(H,55,66)(H,56,62)(H,57,58)(H3,49,50,67). The van der Waals surface area contributed by atoms with Crippen molar-refractivity contribution < 1.29 is 38.3 Å². The monoisotopic (exact) mass is 943 g/mol. The van der Waals surface area contributed by atoms with Crippen molar-refractivity contribution in [2.75, 3.05) is 31.5 Å². The minimum absolute atomic E-state index is 0.0146. The molecule has 1 aromatic carbocycles. The van der Waals surface area contributed by atoms with Gasteiger partial charge in [0.1, 0.15) is 36.5 Å². The number of amides is 8. The van der Waals surface area contributed by atoms with E-state index < -0.39 is 36.0 Å². The predicted molar refractivity (Wildman–Crippen MR) is 253 cm³/mol. The first-order valence-corrected chi connectivity index (χ1v) is 23.0. The first kappa shape index (κ1) is 48.9. The molecule has 5 aromatic rings. The number of imide groups is 1. The van der Waals surface area contributed by atoms with Gasteiger partial charge in [-0.3, -0.25) is 33.9 Å². The molecule has 0 saturated carbocycles. The average Bonchev–Trinajstić information content (AvgIpc) is 4.16. The number of nitrogens with one attached hydrogen (secondary N) is 5. The van der Waals surface area contributed by atoms with Gasteiger partial charge in [-0.1, -0.05) is 38.5 Å². The van der Waals surface area contributed by atoms with Gasteiger partial charge in [0.15, 0.2) is 5.65 Å². The Morgan fingerprint density at radius 3 is 2.43 bits per heavy atom. The molecule has 7 N–H and O–H groups in total. The summed E-state index contributed by atoms with van der Waals surface area (Å²) in [6.45, 7) is 6.76. The fraction of sp³-hybridized carbons (Fsp3) is 0.396. The second-order valence-electron chi connectivity index (χ2n) is 17.4. The minimum atomic E-state index is -1.04. The van der Waals surface area contributed by atoms with Gasteiger partial charge in [-0.05, 0) is 86.9 Å². The van der Waals surface area contributed by atoms with Crippen LogP contribution in [0.15, 0.2) is 79.3 Å². The lowest BCUT2D eigenvalue weighted by Crippen LogP contribution is -2.54. The maximum Gasteiger partial charge on any atom is 0.410 e. The number of ether oxygens (including phenoxy) is 1. The van der Waals surface area contributed by atoms with E-state index in [9.17, 15) is 33.6 Å². The van der Waals surface area contributed by atoms with E-state index in [0.29, 0.717) is 67.8 Å². The highest BCUT2D eigenvalue weighted by Crippen LogP contribution is 2.34. The third kappa shape index (κ3) is 12.9. The number of carbonyl (C=O) groups is 7. The average molecular weight is 944 g/mol. The van der Waals surface area contributed by atoms with Crippen LogP contribution in [0, 0.1) is 12.8 Å². The zero-order chi connectivity index (χ0) is 49.0. The molecule has 2 aliphatic heterocycles. The van der Waals surface area contributed by atoms with E-state index in [2.05, 4.69) is 36.3 Å². The molecule has 21 heteroatoms. The summed E-state index contributed by atoms with van der Waals surface area (Å²) in [7, 11) is 0. The molecule has 1 fully saturated rings. The second-order valence-corrected chi connectivity index (χ2v) is 17.4. The van der Waals surface area contributed by atoms with E-state index in [1.54, 1.807) is 47.5 Å². The van der Waals surface area contributed by atoms with Crippen LogP contribution < -0.4 is 27.0 Å². The maximum atomic E-state index is 13.7. The molecular formula is C48H57N13O8. The normalized spacial score (nSPS) is 15.4. The number of imidazole rings is 1. The van der Waals surface area contributed by atoms with Gasteiger partial charge in [0.05, 0.1) is 11.4 Å². The van der Waals surface area contributed by atoms with Gasteiger partial charge in [0.2, 0.25) is 17.7 Å². The molecule has 6 heterocycles. The quantitative estimate of drug-likeness (QED) is 0.0448. The summed E-state index contributed by atoms with van der Waals surface area (Å²) >= 11 is 0. The van der Waals surface area contributed by atoms with Crippen molar-refractivity contribution in [3.8, 4) is 22.6 Å². The zero-order valence-electron chi connectivity index (χ0n) is 38.8. The molecule has 69 heavy (non-hydrogen) atoms. The van der Waals surface area contributed by atoms with E-state index in [-0.39, 0.29) is 62.1 Å². The Kier molecular flexibility index (Phi) is 16.1. The van der Waals surface area contributed by atoms with Gasteiger partial charge in [0.25, 0.3) is 11.8 Å². The summed E-state index contributed by atoms with van der Waals surface area (Å²) in [5, 5.41) is 15.1. The van der Waals surface area contributed by atoms with Crippen molar-refractivity contribution in [3.63, 3.8) is 0 Å².